The highest BCUT2D eigenvalue weighted by Gasteiger charge is 2.17. The fourth-order valence-corrected chi connectivity index (χ4v) is 3.75. The largest absolute Gasteiger partial charge is 0.480 e. The van der Waals surface area contributed by atoms with E-state index in [0.717, 1.165) is 11.1 Å². The number of rotatable bonds is 19. The number of nitrogens with two attached hydrogens (primary N) is 2. The molecule has 2 aromatic rings. The van der Waals surface area contributed by atoms with Gasteiger partial charge in [-0.3, -0.25) is 29.0 Å². The van der Waals surface area contributed by atoms with Crippen LogP contribution in [0, 0.1) is 0 Å². The lowest BCUT2D eigenvalue weighted by atomic mass is 10.1. The number of carbonyl (C=O) groups is 4. The van der Waals surface area contributed by atoms with Crippen molar-refractivity contribution in [1.82, 2.24) is 20.6 Å². The van der Waals surface area contributed by atoms with Crippen LogP contribution in [0.15, 0.2) is 54.6 Å². The second-order valence-electron chi connectivity index (χ2n) is 9.18. The van der Waals surface area contributed by atoms with E-state index in [1.165, 1.54) is 4.90 Å². The van der Waals surface area contributed by atoms with Crippen LogP contribution in [0.3, 0.4) is 0 Å². The quantitative estimate of drug-likeness (QED) is 0.120. The van der Waals surface area contributed by atoms with Crippen molar-refractivity contribution < 1.29 is 34.2 Å². The third-order valence-electron chi connectivity index (χ3n) is 5.87. The Balaban J connectivity index is 1.74. The van der Waals surface area contributed by atoms with Gasteiger partial charge in [-0.15, -0.1) is 0 Å². The molecule has 0 spiro atoms. The van der Waals surface area contributed by atoms with Gasteiger partial charge < -0.3 is 31.8 Å². The van der Waals surface area contributed by atoms with Crippen molar-refractivity contribution in [2.24, 2.45) is 11.5 Å². The van der Waals surface area contributed by atoms with Gasteiger partial charge in [0.15, 0.2) is 5.75 Å². The number of nitrogens with zero attached hydrogens (tertiary/aromatic N) is 2. The lowest BCUT2D eigenvalue weighted by Crippen LogP contribution is -2.45. The van der Waals surface area contributed by atoms with Crippen LogP contribution >= 0.6 is 0 Å². The number of hydrogen-bond donors (Lipinski definition) is 6. The van der Waals surface area contributed by atoms with Crippen LogP contribution in [-0.4, -0.2) is 95.6 Å². The maximum atomic E-state index is 12.5. The highest BCUT2D eigenvalue weighted by atomic mass is 16.7. The lowest BCUT2D eigenvalue weighted by Gasteiger charge is -2.25. The van der Waals surface area contributed by atoms with Gasteiger partial charge in [-0.1, -0.05) is 42.5 Å². The number of carboxylic acids is 2. The molecule has 2 aromatic carbocycles. The van der Waals surface area contributed by atoms with Gasteiger partial charge in [-0.05, 0) is 36.1 Å². The van der Waals surface area contributed by atoms with Crippen molar-refractivity contribution in [3.8, 4) is 5.75 Å². The molecule has 0 heterocycles. The number of aliphatic carboxylic acids is 2. The Morgan fingerprint density at radius 2 is 1.45 bits per heavy atom. The van der Waals surface area contributed by atoms with Crippen LogP contribution < -0.4 is 27.1 Å². The molecule has 8 N–H and O–H groups in total. The van der Waals surface area contributed by atoms with Crippen LogP contribution in [0.25, 0.3) is 0 Å². The van der Waals surface area contributed by atoms with Gasteiger partial charge in [0.25, 0.3) is 5.91 Å². The molecule has 0 aliphatic carbocycles. The van der Waals surface area contributed by atoms with Gasteiger partial charge in [0.2, 0.25) is 5.91 Å². The van der Waals surface area contributed by atoms with E-state index in [1.54, 1.807) is 29.2 Å². The highest BCUT2D eigenvalue weighted by molar-refractivity contribution is 5.80. The van der Waals surface area contributed by atoms with Gasteiger partial charge in [-0.2, -0.15) is 5.48 Å². The Morgan fingerprint density at radius 1 is 0.825 bits per heavy atom. The van der Waals surface area contributed by atoms with Gasteiger partial charge >= 0.3 is 11.9 Å². The van der Waals surface area contributed by atoms with E-state index < -0.39 is 37.0 Å². The maximum Gasteiger partial charge on any atom is 0.317 e. The Kier molecular flexibility index (Phi) is 14.1. The molecule has 218 valence electrons. The van der Waals surface area contributed by atoms with E-state index >= 15 is 0 Å². The van der Waals surface area contributed by atoms with Gasteiger partial charge in [-0.25, -0.2) is 0 Å². The molecule has 0 saturated carbocycles. The molecule has 13 heteroatoms. The SMILES string of the molecule is NCCN(CCN(CC(=O)O)CC(=O)O)CC(=O)NCc1ccc(ONC(=O)[C@H](N)CCc2ccccc2)cc1. The zero-order valence-electron chi connectivity index (χ0n) is 22.3. The van der Waals surface area contributed by atoms with Crippen molar-refractivity contribution in [1.29, 1.82) is 0 Å². The third-order valence-corrected chi connectivity index (χ3v) is 5.87. The van der Waals surface area contributed by atoms with Crippen LogP contribution in [-0.2, 0) is 32.1 Å². The summed E-state index contributed by atoms with van der Waals surface area (Å²) >= 11 is 0. The smallest absolute Gasteiger partial charge is 0.317 e. The minimum Gasteiger partial charge on any atom is -0.480 e. The molecule has 2 amide bonds. The molecular weight excluding hydrogens is 520 g/mol. The highest BCUT2D eigenvalue weighted by Crippen LogP contribution is 2.11. The summed E-state index contributed by atoms with van der Waals surface area (Å²) in [4.78, 5) is 55.0. The minimum atomic E-state index is -1.13. The summed E-state index contributed by atoms with van der Waals surface area (Å²) in [7, 11) is 0. The lowest BCUT2D eigenvalue weighted by molar-refractivity contribution is -0.142. The molecule has 1 atom stereocenters. The van der Waals surface area contributed by atoms with E-state index in [0.29, 0.717) is 25.1 Å². The number of aryl methyl sites for hydroxylation is 1. The summed E-state index contributed by atoms with van der Waals surface area (Å²) in [6.07, 6.45) is 1.15. The fourth-order valence-electron chi connectivity index (χ4n) is 3.75. The van der Waals surface area contributed by atoms with E-state index in [1.807, 2.05) is 30.3 Å². The van der Waals surface area contributed by atoms with Crippen molar-refractivity contribution in [3.63, 3.8) is 0 Å². The standard InChI is InChI=1S/C27H38N6O7/c28-12-13-32(14-15-33(18-25(35)36)19-26(37)38)17-24(34)30-16-21-6-9-22(10-7-21)40-31-27(39)23(29)11-8-20-4-2-1-3-5-20/h1-7,9-10,23H,8,11-19,28-29H2,(H,30,34)(H,31,39)(H,35,36)(H,37,38)/t23-/m1/s1. The van der Waals surface area contributed by atoms with Crippen molar-refractivity contribution in [2.45, 2.75) is 25.4 Å². The zero-order valence-corrected chi connectivity index (χ0v) is 22.3. The molecule has 2 rings (SSSR count). The maximum absolute atomic E-state index is 12.5. The molecule has 0 saturated heterocycles. The first-order valence-corrected chi connectivity index (χ1v) is 12.9. The predicted molar refractivity (Wildman–Crippen MR) is 147 cm³/mol. The Hall–Kier alpha value is -4.04. The molecule has 0 aliphatic rings. The summed E-state index contributed by atoms with van der Waals surface area (Å²) in [5.74, 6) is -2.56. The molecule has 0 unspecified atom stereocenters. The Bertz CT molecular complexity index is 1070. The molecule has 0 radical (unpaired) electrons. The molecule has 0 aliphatic heterocycles. The number of nitrogens with one attached hydrogen (secondary N) is 2. The van der Waals surface area contributed by atoms with E-state index in [4.69, 9.17) is 26.5 Å². The predicted octanol–water partition coefficient (Wildman–Crippen LogP) is -0.595. The monoisotopic (exact) mass is 558 g/mol. The summed E-state index contributed by atoms with van der Waals surface area (Å²) in [5.41, 5.74) is 15.8. The zero-order chi connectivity index (χ0) is 29.3. The van der Waals surface area contributed by atoms with Crippen molar-refractivity contribution >= 4 is 23.8 Å². The summed E-state index contributed by atoms with van der Waals surface area (Å²) in [5, 5.41) is 20.8. The van der Waals surface area contributed by atoms with Crippen LogP contribution in [0.2, 0.25) is 0 Å². The van der Waals surface area contributed by atoms with E-state index in [9.17, 15) is 19.2 Å². The number of amides is 2. The summed E-state index contributed by atoms with van der Waals surface area (Å²) in [6, 6.07) is 15.8. The number of carboxylic acid groups (broad SMARTS) is 2. The van der Waals surface area contributed by atoms with Gasteiger partial charge in [0.05, 0.1) is 25.7 Å². The molecule has 0 aromatic heterocycles. The number of hydrogen-bond acceptors (Lipinski definition) is 9. The first kappa shape index (κ1) is 32.2. The second-order valence-corrected chi connectivity index (χ2v) is 9.18. The Labute approximate surface area is 233 Å². The minimum absolute atomic E-state index is 0.0168. The average molecular weight is 559 g/mol. The fraction of sp³-hybridized carbons (Fsp3) is 0.407. The molecule has 0 fully saturated rings. The Morgan fingerprint density at radius 3 is 2.05 bits per heavy atom. The molecular formula is C27H38N6O7. The first-order valence-electron chi connectivity index (χ1n) is 12.9. The van der Waals surface area contributed by atoms with Crippen molar-refractivity contribution in [2.75, 3.05) is 45.8 Å². The number of carbonyl (C=O) groups excluding carboxylic acids is 2. The second kappa shape index (κ2) is 17.5. The van der Waals surface area contributed by atoms with Crippen LogP contribution in [0.1, 0.15) is 17.5 Å². The first-order chi connectivity index (χ1) is 19.2. The van der Waals surface area contributed by atoms with Crippen molar-refractivity contribution in [3.05, 3.63) is 65.7 Å². The topological polar surface area (TPSA) is 201 Å². The van der Waals surface area contributed by atoms with Crippen LogP contribution in [0.5, 0.6) is 5.75 Å². The number of hydroxylamine groups is 1. The number of benzene rings is 2. The normalized spacial score (nSPS) is 11.7. The average Bonchev–Trinajstić information content (AvgIpc) is 2.92. The van der Waals surface area contributed by atoms with Crippen LogP contribution in [0.4, 0.5) is 0 Å². The van der Waals surface area contributed by atoms with Gasteiger partial charge in [0.1, 0.15) is 0 Å². The molecule has 13 nitrogen and oxygen atoms in total. The van der Waals surface area contributed by atoms with E-state index in [2.05, 4.69) is 10.8 Å². The van der Waals surface area contributed by atoms with Gasteiger partial charge in [0, 0.05) is 32.7 Å². The molecule has 0 bridgehead atoms. The third kappa shape index (κ3) is 13.2. The van der Waals surface area contributed by atoms with E-state index in [-0.39, 0.29) is 38.6 Å². The summed E-state index contributed by atoms with van der Waals surface area (Å²) in [6.45, 7) is 0.523. The summed E-state index contributed by atoms with van der Waals surface area (Å²) < 4.78 is 0. The molecule has 40 heavy (non-hydrogen) atoms.